The first-order valence-electron chi connectivity index (χ1n) is 7.37. The molecule has 2 aromatic rings. The van der Waals surface area contributed by atoms with Crippen LogP contribution in [0.3, 0.4) is 0 Å². The SMILES string of the molecule is CC(C)(C)c1ccc(-c2csc(CCNCCO)n2)cc1. The van der Waals surface area contributed by atoms with Gasteiger partial charge >= 0.3 is 0 Å². The molecule has 2 N–H and O–H groups in total. The number of nitrogens with zero attached hydrogens (tertiary/aromatic N) is 1. The van der Waals surface area contributed by atoms with Crippen molar-refractivity contribution >= 4 is 11.3 Å². The van der Waals surface area contributed by atoms with Gasteiger partial charge in [0.1, 0.15) is 0 Å². The molecule has 0 aliphatic heterocycles. The van der Waals surface area contributed by atoms with E-state index < -0.39 is 0 Å². The second-order valence-electron chi connectivity index (χ2n) is 6.18. The van der Waals surface area contributed by atoms with E-state index in [1.807, 2.05) is 0 Å². The number of aliphatic hydroxyl groups excluding tert-OH is 1. The van der Waals surface area contributed by atoms with Crippen LogP contribution in [0.25, 0.3) is 11.3 Å². The molecule has 0 atom stereocenters. The molecule has 114 valence electrons. The van der Waals surface area contributed by atoms with Gasteiger partial charge in [-0.1, -0.05) is 45.0 Å². The van der Waals surface area contributed by atoms with E-state index in [1.54, 1.807) is 11.3 Å². The summed E-state index contributed by atoms with van der Waals surface area (Å²) < 4.78 is 0. The van der Waals surface area contributed by atoms with Crippen molar-refractivity contribution in [1.29, 1.82) is 0 Å². The van der Waals surface area contributed by atoms with Crippen molar-refractivity contribution < 1.29 is 5.11 Å². The summed E-state index contributed by atoms with van der Waals surface area (Å²) in [6.07, 6.45) is 0.907. The van der Waals surface area contributed by atoms with Crippen LogP contribution in [0.4, 0.5) is 0 Å². The van der Waals surface area contributed by atoms with Crippen LogP contribution in [0.5, 0.6) is 0 Å². The monoisotopic (exact) mass is 304 g/mol. The van der Waals surface area contributed by atoms with E-state index in [0.29, 0.717) is 6.54 Å². The molecule has 0 bridgehead atoms. The van der Waals surface area contributed by atoms with Crippen LogP contribution in [0.15, 0.2) is 29.6 Å². The van der Waals surface area contributed by atoms with Gasteiger partial charge in [-0.2, -0.15) is 0 Å². The Labute approximate surface area is 131 Å². The fraction of sp³-hybridized carbons (Fsp3) is 0.471. The molecular weight excluding hydrogens is 280 g/mol. The van der Waals surface area contributed by atoms with Gasteiger partial charge in [0.25, 0.3) is 0 Å². The third-order valence-electron chi connectivity index (χ3n) is 3.40. The lowest BCUT2D eigenvalue weighted by Gasteiger charge is -2.18. The first-order chi connectivity index (χ1) is 10.0. The Hall–Kier alpha value is -1.23. The van der Waals surface area contributed by atoms with Crippen LogP contribution in [0, 0.1) is 0 Å². The summed E-state index contributed by atoms with van der Waals surface area (Å²) in [4.78, 5) is 4.69. The van der Waals surface area contributed by atoms with E-state index >= 15 is 0 Å². The Morgan fingerprint density at radius 3 is 2.48 bits per heavy atom. The van der Waals surface area contributed by atoms with Gasteiger partial charge in [-0.25, -0.2) is 4.98 Å². The molecule has 0 radical (unpaired) electrons. The van der Waals surface area contributed by atoms with Gasteiger partial charge in [0.15, 0.2) is 0 Å². The summed E-state index contributed by atoms with van der Waals surface area (Å²) in [5, 5.41) is 15.1. The van der Waals surface area contributed by atoms with Gasteiger partial charge in [-0.15, -0.1) is 11.3 Å². The van der Waals surface area contributed by atoms with E-state index in [0.717, 1.165) is 23.7 Å². The van der Waals surface area contributed by atoms with Crippen LogP contribution in [0.2, 0.25) is 0 Å². The lowest BCUT2D eigenvalue weighted by Crippen LogP contribution is -2.20. The zero-order chi connectivity index (χ0) is 15.3. The maximum Gasteiger partial charge on any atom is 0.0945 e. The Morgan fingerprint density at radius 1 is 1.14 bits per heavy atom. The van der Waals surface area contributed by atoms with Gasteiger partial charge in [-0.05, 0) is 11.0 Å². The maximum atomic E-state index is 8.72. The highest BCUT2D eigenvalue weighted by Gasteiger charge is 2.13. The molecule has 4 heteroatoms. The lowest BCUT2D eigenvalue weighted by molar-refractivity contribution is 0.293. The highest BCUT2D eigenvalue weighted by atomic mass is 32.1. The zero-order valence-electron chi connectivity index (χ0n) is 13.0. The fourth-order valence-corrected chi connectivity index (χ4v) is 2.91. The van der Waals surface area contributed by atoms with Crippen LogP contribution in [-0.4, -0.2) is 29.8 Å². The molecule has 0 amide bonds. The number of benzene rings is 1. The largest absolute Gasteiger partial charge is 0.395 e. The van der Waals surface area contributed by atoms with Gasteiger partial charge in [0, 0.05) is 30.5 Å². The summed E-state index contributed by atoms with van der Waals surface area (Å²) in [6.45, 7) is 8.36. The molecule has 1 aromatic carbocycles. The summed E-state index contributed by atoms with van der Waals surface area (Å²) in [5.74, 6) is 0. The number of hydrogen-bond donors (Lipinski definition) is 2. The second-order valence-corrected chi connectivity index (χ2v) is 7.12. The molecular formula is C17H24N2OS. The van der Waals surface area contributed by atoms with Crippen molar-refractivity contribution in [3.63, 3.8) is 0 Å². The Bertz CT molecular complexity index is 555. The molecule has 0 saturated carbocycles. The number of aliphatic hydroxyl groups is 1. The van der Waals surface area contributed by atoms with Crippen molar-refractivity contribution in [3.05, 3.63) is 40.2 Å². The lowest BCUT2D eigenvalue weighted by atomic mass is 9.86. The molecule has 3 nitrogen and oxygen atoms in total. The minimum atomic E-state index is 0.184. The molecule has 1 heterocycles. The average molecular weight is 304 g/mol. The number of thiazole rings is 1. The zero-order valence-corrected chi connectivity index (χ0v) is 13.8. The molecule has 1 aromatic heterocycles. The summed E-state index contributed by atoms with van der Waals surface area (Å²) in [5.41, 5.74) is 3.76. The number of hydrogen-bond acceptors (Lipinski definition) is 4. The van der Waals surface area contributed by atoms with Crippen molar-refractivity contribution in [3.8, 4) is 11.3 Å². The standard InChI is InChI=1S/C17H24N2OS/c1-17(2,3)14-6-4-13(5-7-14)15-12-21-16(19-15)8-9-18-10-11-20/h4-7,12,18,20H,8-11H2,1-3H3. The molecule has 0 saturated heterocycles. The maximum absolute atomic E-state index is 8.72. The summed E-state index contributed by atoms with van der Waals surface area (Å²) in [6, 6.07) is 8.70. The predicted molar refractivity (Wildman–Crippen MR) is 89.9 cm³/mol. The number of aromatic nitrogens is 1. The van der Waals surface area contributed by atoms with Crippen LogP contribution in [-0.2, 0) is 11.8 Å². The van der Waals surface area contributed by atoms with E-state index in [-0.39, 0.29) is 12.0 Å². The van der Waals surface area contributed by atoms with Crippen molar-refractivity contribution in [2.75, 3.05) is 19.7 Å². The minimum absolute atomic E-state index is 0.184. The van der Waals surface area contributed by atoms with Crippen molar-refractivity contribution in [2.45, 2.75) is 32.6 Å². The normalized spacial score (nSPS) is 11.8. The minimum Gasteiger partial charge on any atom is -0.395 e. The summed E-state index contributed by atoms with van der Waals surface area (Å²) in [7, 11) is 0. The van der Waals surface area contributed by atoms with Gasteiger partial charge in [0.05, 0.1) is 17.3 Å². The smallest absolute Gasteiger partial charge is 0.0945 e. The Morgan fingerprint density at radius 2 is 1.86 bits per heavy atom. The molecule has 0 fully saturated rings. The van der Waals surface area contributed by atoms with Gasteiger partial charge in [-0.3, -0.25) is 0 Å². The molecule has 21 heavy (non-hydrogen) atoms. The molecule has 0 unspecified atom stereocenters. The van der Waals surface area contributed by atoms with Crippen LogP contribution in [0.1, 0.15) is 31.3 Å². The van der Waals surface area contributed by atoms with Crippen LogP contribution >= 0.6 is 11.3 Å². The van der Waals surface area contributed by atoms with Gasteiger partial charge in [0.2, 0.25) is 0 Å². The van der Waals surface area contributed by atoms with Crippen LogP contribution < -0.4 is 5.32 Å². The molecule has 0 aliphatic carbocycles. The first kappa shape index (κ1) is 16.1. The van der Waals surface area contributed by atoms with E-state index in [2.05, 4.69) is 60.7 Å². The topological polar surface area (TPSA) is 45.1 Å². The number of nitrogens with one attached hydrogen (secondary N) is 1. The first-order valence-corrected chi connectivity index (χ1v) is 8.25. The average Bonchev–Trinajstić information content (AvgIpc) is 2.92. The predicted octanol–water partition coefficient (Wildman–Crippen LogP) is 3.23. The summed E-state index contributed by atoms with van der Waals surface area (Å²) >= 11 is 1.70. The Kier molecular flexibility index (Phi) is 5.51. The van der Waals surface area contributed by atoms with E-state index in [4.69, 9.17) is 5.11 Å². The van der Waals surface area contributed by atoms with Gasteiger partial charge < -0.3 is 10.4 Å². The highest BCUT2D eigenvalue weighted by molar-refractivity contribution is 7.09. The second kappa shape index (κ2) is 7.16. The third kappa shape index (κ3) is 4.63. The third-order valence-corrected chi connectivity index (χ3v) is 4.31. The van der Waals surface area contributed by atoms with E-state index in [1.165, 1.54) is 11.1 Å². The molecule has 0 spiro atoms. The van der Waals surface area contributed by atoms with E-state index in [9.17, 15) is 0 Å². The molecule has 2 rings (SSSR count). The Balaban J connectivity index is 2.00. The fourth-order valence-electron chi connectivity index (χ4n) is 2.10. The highest BCUT2D eigenvalue weighted by Crippen LogP contribution is 2.27. The number of rotatable bonds is 6. The molecule has 0 aliphatic rings. The van der Waals surface area contributed by atoms with Crippen molar-refractivity contribution in [1.82, 2.24) is 10.3 Å². The van der Waals surface area contributed by atoms with Crippen molar-refractivity contribution in [2.24, 2.45) is 0 Å². The quantitative estimate of drug-likeness (QED) is 0.805.